The second kappa shape index (κ2) is 6.62. The molecule has 5 nitrogen and oxygen atoms in total. The first-order chi connectivity index (χ1) is 12.1. The van der Waals surface area contributed by atoms with Gasteiger partial charge in [-0.2, -0.15) is 0 Å². The lowest BCUT2D eigenvalue weighted by Crippen LogP contribution is -2.44. The van der Waals surface area contributed by atoms with Gasteiger partial charge in [-0.3, -0.25) is 4.79 Å². The SMILES string of the molecule is CCc1cccc(N(C(=O)Cc2nnc(C)o2)[C@@H]2C[C@H]3CC[C@H]2C3)c1. The molecule has 2 aliphatic rings. The van der Waals surface area contributed by atoms with Crippen LogP contribution in [0, 0.1) is 18.8 Å². The number of aromatic nitrogens is 2. The Labute approximate surface area is 148 Å². The maximum Gasteiger partial charge on any atom is 0.236 e. The van der Waals surface area contributed by atoms with Gasteiger partial charge in [-0.25, -0.2) is 0 Å². The molecule has 0 spiro atoms. The Morgan fingerprint density at radius 1 is 1.28 bits per heavy atom. The maximum absolute atomic E-state index is 13.2. The van der Waals surface area contributed by atoms with E-state index in [1.807, 2.05) is 4.90 Å². The molecule has 25 heavy (non-hydrogen) atoms. The van der Waals surface area contributed by atoms with Gasteiger partial charge < -0.3 is 9.32 Å². The van der Waals surface area contributed by atoms with Gasteiger partial charge in [-0.1, -0.05) is 25.5 Å². The van der Waals surface area contributed by atoms with Crippen LogP contribution in [0.3, 0.4) is 0 Å². The van der Waals surface area contributed by atoms with Crippen molar-refractivity contribution in [3.8, 4) is 0 Å². The number of hydrogen-bond donors (Lipinski definition) is 0. The summed E-state index contributed by atoms with van der Waals surface area (Å²) in [5.41, 5.74) is 2.27. The Morgan fingerprint density at radius 2 is 2.16 bits per heavy atom. The second-order valence-corrected chi connectivity index (χ2v) is 7.42. The van der Waals surface area contributed by atoms with E-state index >= 15 is 0 Å². The number of anilines is 1. The number of benzene rings is 1. The van der Waals surface area contributed by atoms with Crippen LogP contribution in [0.4, 0.5) is 5.69 Å². The van der Waals surface area contributed by atoms with Crippen LogP contribution in [0.1, 0.15) is 50.0 Å². The number of hydrogen-bond acceptors (Lipinski definition) is 4. The van der Waals surface area contributed by atoms with Crippen LogP contribution in [-0.2, 0) is 17.6 Å². The van der Waals surface area contributed by atoms with E-state index in [4.69, 9.17) is 4.42 Å². The molecule has 0 unspecified atom stereocenters. The standard InChI is InChI=1S/C20H25N3O2/c1-3-14-5-4-6-17(10-14)23(18-11-15-7-8-16(18)9-15)20(24)12-19-22-21-13(2)25-19/h4-6,10,15-16,18H,3,7-9,11-12H2,1-2H3/t15-,16-,18+/m0/s1. The van der Waals surface area contributed by atoms with Crippen molar-refractivity contribution < 1.29 is 9.21 Å². The minimum atomic E-state index is 0.0643. The van der Waals surface area contributed by atoms with Gasteiger partial charge >= 0.3 is 0 Å². The highest BCUT2D eigenvalue weighted by Crippen LogP contribution is 2.47. The highest BCUT2D eigenvalue weighted by Gasteiger charge is 2.44. The predicted molar refractivity (Wildman–Crippen MR) is 95.3 cm³/mol. The quantitative estimate of drug-likeness (QED) is 0.833. The molecule has 5 heteroatoms. The highest BCUT2D eigenvalue weighted by molar-refractivity contribution is 5.95. The fourth-order valence-electron chi connectivity index (χ4n) is 4.60. The van der Waals surface area contributed by atoms with E-state index in [2.05, 4.69) is 41.4 Å². The normalized spacial score (nSPS) is 24.6. The number of aryl methyl sites for hydroxylation is 2. The zero-order valence-electron chi connectivity index (χ0n) is 14.9. The molecular weight excluding hydrogens is 314 g/mol. The first-order valence-corrected chi connectivity index (χ1v) is 9.34. The summed E-state index contributed by atoms with van der Waals surface area (Å²) in [5, 5.41) is 7.85. The van der Waals surface area contributed by atoms with Crippen LogP contribution in [0.2, 0.25) is 0 Å². The summed E-state index contributed by atoms with van der Waals surface area (Å²) in [6, 6.07) is 8.69. The molecule has 2 aromatic rings. The monoisotopic (exact) mass is 339 g/mol. The van der Waals surface area contributed by atoms with Gasteiger partial charge in [-0.15, -0.1) is 10.2 Å². The van der Waals surface area contributed by atoms with Gasteiger partial charge in [0.15, 0.2) is 0 Å². The fraction of sp³-hybridized carbons (Fsp3) is 0.550. The van der Waals surface area contributed by atoms with Crippen LogP contribution >= 0.6 is 0 Å². The Balaban J connectivity index is 1.64. The number of carbonyl (C=O) groups is 1. The molecule has 3 atom stereocenters. The highest BCUT2D eigenvalue weighted by atomic mass is 16.4. The number of amides is 1. The van der Waals surface area contributed by atoms with Crippen molar-refractivity contribution >= 4 is 11.6 Å². The van der Waals surface area contributed by atoms with Gasteiger partial charge in [-0.05, 0) is 55.2 Å². The van der Waals surface area contributed by atoms with Gasteiger partial charge in [0, 0.05) is 18.7 Å². The zero-order chi connectivity index (χ0) is 17.4. The summed E-state index contributed by atoms with van der Waals surface area (Å²) < 4.78 is 5.44. The molecule has 1 aromatic heterocycles. The average Bonchev–Trinajstić information content (AvgIpc) is 3.33. The lowest BCUT2D eigenvalue weighted by molar-refractivity contribution is -0.119. The Kier molecular flexibility index (Phi) is 4.32. The molecule has 2 saturated carbocycles. The molecule has 0 radical (unpaired) electrons. The molecule has 132 valence electrons. The van der Waals surface area contributed by atoms with E-state index in [1.165, 1.54) is 24.8 Å². The van der Waals surface area contributed by atoms with Crippen LogP contribution in [0.15, 0.2) is 28.7 Å². The molecular formula is C20H25N3O2. The van der Waals surface area contributed by atoms with Crippen LogP contribution in [-0.4, -0.2) is 22.1 Å². The molecule has 0 aliphatic heterocycles. The first kappa shape index (κ1) is 16.3. The minimum Gasteiger partial charge on any atom is -0.425 e. The number of rotatable bonds is 5. The summed E-state index contributed by atoms with van der Waals surface area (Å²) in [7, 11) is 0. The van der Waals surface area contributed by atoms with Crippen molar-refractivity contribution in [3.63, 3.8) is 0 Å². The Morgan fingerprint density at radius 3 is 2.80 bits per heavy atom. The maximum atomic E-state index is 13.2. The van der Waals surface area contributed by atoms with Crippen molar-refractivity contribution in [3.05, 3.63) is 41.6 Å². The largest absolute Gasteiger partial charge is 0.425 e. The summed E-state index contributed by atoms with van der Waals surface area (Å²) in [4.78, 5) is 15.2. The molecule has 1 amide bonds. The molecule has 0 saturated heterocycles. The van der Waals surface area contributed by atoms with Gasteiger partial charge in [0.1, 0.15) is 6.42 Å². The third-order valence-corrected chi connectivity index (χ3v) is 5.77. The molecule has 1 aromatic carbocycles. The topological polar surface area (TPSA) is 59.2 Å². The van der Waals surface area contributed by atoms with E-state index in [-0.39, 0.29) is 12.3 Å². The van der Waals surface area contributed by atoms with E-state index in [0.29, 0.717) is 23.7 Å². The van der Waals surface area contributed by atoms with Gasteiger partial charge in [0.2, 0.25) is 17.7 Å². The van der Waals surface area contributed by atoms with Gasteiger partial charge in [0.05, 0.1) is 0 Å². The molecule has 4 rings (SSSR count). The van der Waals surface area contributed by atoms with Crippen LogP contribution in [0.5, 0.6) is 0 Å². The molecule has 2 bridgehead atoms. The van der Waals surface area contributed by atoms with E-state index in [0.717, 1.165) is 24.4 Å². The number of nitrogens with zero attached hydrogens (tertiary/aromatic N) is 3. The van der Waals surface area contributed by atoms with Crippen LogP contribution in [0.25, 0.3) is 0 Å². The lowest BCUT2D eigenvalue weighted by atomic mass is 9.93. The molecule has 0 N–H and O–H groups in total. The Hall–Kier alpha value is -2.17. The van der Waals surface area contributed by atoms with E-state index < -0.39 is 0 Å². The average molecular weight is 339 g/mol. The summed E-state index contributed by atoms with van der Waals surface area (Å²) in [6.45, 7) is 3.89. The smallest absolute Gasteiger partial charge is 0.236 e. The lowest BCUT2D eigenvalue weighted by Gasteiger charge is -2.35. The van der Waals surface area contributed by atoms with Crippen molar-refractivity contribution in [1.82, 2.24) is 10.2 Å². The predicted octanol–water partition coefficient (Wildman–Crippen LogP) is 3.70. The minimum absolute atomic E-state index is 0.0643. The zero-order valence-corrected chi connectivity index (χ0v) is 14.9. The van der Waals surface area contributed by atoms with Crippen LogP contribution < -0.4 is 4.90 Å². The number of carbonyl (C=O) groups excluding carboxylic acids is 1. The molecule has 1 heterocycles. The first-order valence-electron chi connectivity index (χ1n) is 9.34. The summed E-state index contributed by atoms with van der Waals surface area (Å²) in [5.74, 6) is 2.38. The summed E-state index contributed by atoms with van der Waals surface area (Å²) in [6.07, 6.45) is 6.09. The van der Waals surface area contributed by atoms with E-state index in [1.54, 1.807) is 6.92 Å². The fourth-order valence-corrected chi connectivity index (χ4v) is 4.60. The van der Waals surface area contributed by atoms with E-state index in [9.17, 15) is 4.79 Å². The van der Waals surface area contributed by atoms with Gasteiger partial charge in [0.25, 0.3) is 0 Å². The molecule has 2 aliphatic carbocycles. The molecule has 2 fully saturated rings. The Bertz CT molecular complexity index is 770. The van der Waals surface area contributed by atoms with Crippen molar-refractivity contribution in [1.29, 1.82) is 0 Å². The van der Waals surface area contributed by atoms with Crippen molar-refractivity contribution in [2.45, 2.75) is 58.4 Å². The number of fused-ring (bicyclic) bond motifs is 2. The van der Waals surface area contributed by atoms with Crippen molar-refractivity contribution in [2.24, 2.45) is 11.8 Å². The third kappa shape index (κ3) is 3.20. The second-order valence-electron chi connectivity index (χ2n) is 7.42. The summed E-state index contributed by atoms with van der Waals surface area (Å²) >= 11 is 0. The van der Waals surface area contributed by atoms with Crippen molar-refractivity contribution in [2.75, 3.05) is 4.90 Å². The third-order valence-electron chi connectivity index (χ3n) is 5.77.